The highest BCUT2D eigenvalue weighted by molar-refractivity contribution is 8.00. The lowest BCUT2D eigenvalue weighted by molar-refractivity contribution is 0.174. The number of aromatic nitrogens is 2. The molecule has 0 saturated carbocycles. The van der Waals surface area contributed by atoms with Crippen LogP contribution in [0.15, 0.2) is 58.2 Å². The van der Waals surface area contributed by atoms with Crippen LogP contribution in [0.1, 0.15) is 0 Å². The van der Waals surface area contributed by atoms with E-state index in [0.29, 0.717) is 23.0 Å². The minimum absolute atomic E-state index is 0.184. The summed E-state index contributed by atoms with van der Waals surface area (Å²) in [5, 5.41) is 8.18. The summed E-state index contributed by atoms with van der Waals surface area (Å²) in [4.78, 5) is 0. The van der Waals surface area contributed by atoms with Crippen LogP contribution in [-0.4, -0.2) is 36.9 Å². The molecule has 4 rings (SSSR count). The van der Waals surface area contributed by atoms with Crippen LogP contribution in [0.25, 0.3) is 11.5 Å². The van der Waals surface area contributed by atoms with Gasteiger partial charge in [0, 0.05) is 11.3 Å². The summed E-state index contributed by atoms with van der Waals surface area (Å²) in [6.45, 7) is 0.184. The van der Waals surface area contributed by atoms with Crippen LogP contribution in [-0.2, 0) is 10.1 Å². The minimum atomic E-state index is -3.70. The van der Waals surface area contributed by atoms with Gasteiger partial charge >= 0.3 is 10.1 Å². The molecule has 3 aromatic rings. The molecule has 0 amide bonds. The Kier molecular flexibility index (Phi) is 4.90. The maximum atomic E-state index is 12.0. The molecule has 0 atom stereocenters. The zero-order chi connectivity index (χ0) is 18.7. The van der Waals surface area contributed by atoms with Gasteiger partial charge < -0.3 is 18.1 Å². The largest absolute Gasteiger partial charge is 0.454 e. The number of thioether (sulfide) groups is 1. The van der Waals surface area contributed by atoms with Crippen molar-refractivity contribution in [3.63, 3.8) is 0 Å². The van der Waals surface area contributed by atoms with Gasteiger partial charge in [0.2, 0.25) is 12.7 Å². The Hall–Kier alpha value is -2.72. The van der Waals surface area contributed by atoms with Crippen molar-refractivity contribution >= 4 is 21.9 Å². The Morgan fingerprint density at radius 2 is 1.85 bits per heavy atom. The third kappa shape index (κ3) is 4.34. The van der Waals surface area contributed by atoms with Gasteiger partial charge in [-0.05, 0) is 30.3 Å². The molecule has 1 aliphatic rings. The van der Waals surface area contributed by atoms with Gasteiger partial charge in [-0.3, -0.25) is 0 Å². The zero-order valence-electron chi connectivity index (χ0n) is 13.9. The molecule has 0 fully saturated rings. The molecule has 0 unspecified atom stereocenters. The lowest BCUT2D eigenvalue weighted by atomic mass is 10.2. The number of hydrogen-bond acceptors (Lipinski definition) is 9. The van der Waals surface area contributed by atoms with Crippen molar-refractivity contribution in [2.24, 2.45) is 0 Å². The van der Waals surface area contributed by atoms with Gasteiger partial charge in [0.1, 0.15) is 5.75 Å². The highest BCUT2D eigenvalue weighted by Gasteiger charge is 2.18. The second-order valence-corrected chi connectivity index (χ2v) is 8.18. The molecular formula is C17H14N2O6S2. The molecule has 10 heteroatoms. The molecule has 140 valence electrons. The maximum absolute atomic E-state index is 12.0. The zero-order valence-corrected chi connectivity index (χ0v) is 15.5. The van der Waals surface area contributed by atoms with Gasteiger partial charge in [0.15, 0.2) is 11.5 Å². The fraction of sp³-hybridized carbons (Fsp3) is 0.176. The number of fused-ring (bicyclic) bond motifs is 1. The summed E-state index contributed by atoms with van der Waals surface area (Å²) in [6.07, 6.45) is 0. The van der Waals surface area contributed by atoms with Crippen molar-refractivity contribution in [3.05, 3.63) is 48.5 Å². The Morgan fingerprint density at radius 1 is 1.04 bits per heavy atom. The van der Waals surface area contributed by atoms with E-state index in [0.717, 1.165) is 11.8 Å². The highest BCUT2D eigenvalue weighted by Crippen LogP contribution is 2.36. The van der Waals surface area contributed by atoms with E-state index in [1.165, 1.54) is 0 Å². The average molecular weight is 406 g/mol. The summed E-state index contributed by atoms with van der Waals surface area (Å²) < 4.78 is 45.2. The predicted octanol–water partition coefficient (Wildman–Crippen LogP) is 2.97. The van der Waals surface area contributed by atoms with Crippen molar-refractivity contribution in [3.8, 4) is 28.7 Å². The van der Waals surface area contributed by atoms with Crippen molar-refractivity contribution < 1.29 is 26.5 Å². The maximum Gasteiger partial charge on any atom is 0.310 e. The molecule has 0 bridgehead atoms. The van der Waals surface area contributed by atoms with E-state index in [1.807, 2.05) is 0 Å². The lowest BCUT2D eigenvalue weighted by Crippen LogP contribution is -2.15. The second-order valence-electron chi connectivity index (χ2n) is 5.45. The van der Waals surface area contributed by atoms with Crippen LogP contribution in [0.2, 0.25) is 0 Å². The Morgan fingerprint density at radius 3 is 2.70 bits per heavy atom. The van der Waals surface area contributed by atoms with E-state index < -0.39 is 10.1 Å². The van der Waals surface area contributed by atoms with Crippen LogP contribution in [0.4, 0.5) is 0 Å². The van der Waals surface area contributed by atoms with Crippen LogP contribution >= 0.6 is 11.8 Å². The topological polar surface area (TPSA) is 101 Å². The number of benzene rings is 2. The summed E-state index contributed by atoms with van der Waals surface area (Å²) in [5.41, 5.74) is 0.693. The van der Waals surface area contributed by atoms with Gasteiger partial charge in [0.25, 0.3) is 5.22 Å². The molecule has 0 spiro atoms. The first-order valence-corrected chi connectivity index (χ1v) is 10.5. The number of ether oxygens (including phenoxy) is 2. The fourth-order valence-corrected chi connectivity index (χ4v) is 4.36. The van der Waals surface area contributed by atoms with Gasteiger partial charge in [-0.15, -0.1) is 10.2 Å². The second kappa shape index (κ2) is 7.49. The normalized spacial score (nSPS) is 12.9. The quantitative estimate of drug-likeness (QED) is 0.433. The Bertz CT molecular complexity index is 1040. The van der Waals surface area contributed by atoms with E-state index in [4.69, 9.17) is 18.1 Å². The van der Waals surface area contributed by atoms with Crippen LogP contribution in [0.3, 0.4) is 0 Å². The monoisotopic (exact) mass is 406 g/mol. The molecule has 0 saturated heterocycles. The van der Waals surface area contributed by atoms with E-state index in [1.54, 1.807) is 48.5 Å². The molecule has 1 aliphatic heterocycles. The molecule has 2 heterocycles. The summed E-state index contributed by atoms with van der Waals surface area (Å²) in [5.74, 6) is 1.91. The summed E-state index contributed by atoms with van der Waals surface area (Å²) in [6, 6.07) is 13.7. The minimum Gasteiger partial charge on any atom is -0.454 e. The smallest absolute Gasteiger partial charge is 0.310 e. The fourth-order valence-electron chi connectivity index (χ4n) is 2.31. The first kappa shape index (κ1) is 17.7. The SMILES string of the molecule is O=S(=O)(CCSc1nnc(-c2ccc3c(c2)OCO3)o1)Oc1ccccc1. The molecule has 1 aromatic heterocycles. The molecule has 8 nitrogen and oxygen atoms in total. The number of para-hydroxylation sites is 1. The van der Waals surface area contributed by atoms with Gasteiger partial charge in [0.05, 0.1) is 5.75 Å². The first-order chi connectivity index (χ1) is 13.1. The van der Waals surface area contributed by atoms with Gasteiger partial charge in [-0.25, -0.2) is 0 Å². The number of hydrogen-bond donors (Lipinski definition) is 0. The highest BCUT2D eigenvalue weighted by atomic mass is 32.2. The molecule has 0 N–H and O–H groups in total. The van der Waals surface area contributed by atoms with Gasteiger partial charge in [-0.2, -0.15) is 8.42 Å². The van der Waals surface area contributed by atoms with Crippen LogP contribution in [0.5, 0.6) is 17.2 Å². The summed E-state index contributed by atoms with van der Waals surface area (Å²) >= 11 is 1.14. The molecule has 2 aromatic carbocycles. The van der Waals surface area contributed by atoms with Crippen molar-refractivity contribution in [1.82, 2.24) is 10.2 Å². The third-order valence-corrected chi connectivity index (χ3v) is 5.78. The van der Waals surface area contributed by atoms with Crippen molar-refractivity contribution in [1.29, 1.82) is 0 Å². The third-order valence-electron chi connectivity index (χ3n) is 3.55. The molecule has 27 heavy (non-hydrogen) atoms. The Balaban J connectivity index is 1.34. The predicted molar refractivity (Wildman–Crippen MR) is 97.4 cm³/mol. The standard InChI is InChI=1S/C17H14N2O6S2/c20-27(21,25-13-4-2-1-3-5-13)9-8-26-17-19-18-16(24-17)12-6-7-14-15(10-12)23-11-22-14/h1-7,10H,8-9,11H2. The van der Waals surface area contributed by atoms with E-state index >= 15 is 0 Å². The number of rotatable bonds is 7. The van der Waals surface area contributed by atoms with E-state index in [-0.39, 0.29) is 29.3 Å². The summed E-state index contributed by atoms with van der Waals surface area (Å²) in [7, 11) is -3.70. The molecular weight excluding hydrogens is 392 g/mol. The van der Waals surface area contributed by atoms with Gasteiger partial charge in [-0.1, -0.05) is 30.0 Å². The first-order valence-electron chi connectivity index (χ1n) is 7.93. The number of nitrogens with zero attached hydrogens (tertiary/aromatic N) is 2. The van der Waals surface area contributed by atoms with Crippen molar-refractivity contribution in [2.75, 3.05) is 18.3 Å². The molecule has 0 radical (unpaired) electrons. The van der Waals surface area contributed by atoms with Crippen molar-refractivity contribution in [2.45, 2.75) is 5.22 Å². The Labute approximate surface area is 159 Å². The lowest BCUT2D eigenvalue weighted by Gasteiger charge is -2.05. The van der Waals surface area contributed by atoms with E-state index in [2.05, 4.69) is 10.2 Å². The van der Waals surface area contributed by atoms with E-state index in [9.17, 15) is 8.42 Å². The average Bonchev–Trinajstić information content (AvgIpc) is 3.30. The van der Waals surface area contributed by atoms with Crippen LogP contribution < -0.4 is 13.7 Å². The molecule has 0 aliphatic carbocycles. The van der Waals surface area contributed by atoms with Crippen LogP contribution in [0, 0.1) is 0 Å².